The van der Waals surface area contributed by atoms with Gasteiger partial charge >= 0.3 is 5.97 Å². The maximum Gasteiger partial charge on any atom is 0.336 e. The molecule has 0 unspecified atom stereocenters. The van der Waals surface area contributed by atoms with Gasteiger partial charge in [-0.25, -0.2) is 4.79 Å². The second-order valence-electron chi connectivity index (χ2n) is 6.18. The van der Waals surface area contributed by atoms with Gasteiger partial charge in [-0.15, -0.1) is 0 Å². The minimum Gasteiger partial charge on any atom is -0.464 e. The maximum atomic E-state index is 13.2. The van der Waals surface area contributed by atoms with E-state index >= 15 is 0 Å². The van der Waals surface area contributed by atoms with E-state index in [0.717, 1.165) is 14.6 Å². The molecule has 0 aliphatic carbocycles. The summed E-state index contributed by atoms with van der Waals surface area (Å²) in [5.74, 6) is -0.784. The number of anilines is 2. The van der Waals surface area contributed by atoms with Crippen molar-refractivity contribution >= 4 is 55.1 Å². The topological polar surface area (TPSA) is 58.6 Å². The van der Waals surface area contributed by atoms with E-state index in [-0.39, 0.29) is 12.5 Å². The normalized spacial score (nSPS) is 19.0. The Morgan fingerprint density at radius 3 is 2.44 bits per heavy atom. The Kier molecular flexibility index (Phi) is 5.72. The summed E-state index contributed by atoms with van der Waals surface area (Å²) in [7, 11) is 0. The molecular weight excluding hydrogens is 476 g/mol. The highest BCUT2D eigenvalue weighted by atomic mass is 79.9. The van der Waals surface area contributed by atoms with Gasteiger partial charge in [-0.05, 0) is 56.3 Å². The summed E-state index contributed by atoms with van der Waals surface area (Å²) < 4.78 is 6.95. The summed E-state index contributed by atoms with van der Waals surface area (Å²) in [4.78, 5) is 27.4. The standard InChI is InChI=1S/C20H18Br2N2O3/c1-3-27-19(26)20(2)12-17(23-15-8-4-6-13(21)10-15)18(25)24(20)16-9-5-7-14(22)11-16/h4-12,23H,3H2,1-2H3/t20-/m1/s1. The number of amides is 1. The zero-order valence-electron chi connectivity index (χ0n) is 14.8. The summed E-state index contributed by atoms with van der Waals surface area (Å²) in [6.45, 7) is 3.66. The molecule has 0 spiro atoms. The molecule has 2 aromatic rings. The molecule has 2 aromatic carbocycles. The molecule has 3 rings (SSSR count). The zero-order valence-corrected chi connectivity index (χ0v) is 18.0. The maximum absolute atomic E-state index is 13.2. The highest BCUT2D eigenvalue weighted by molar-refractivity contribution is 9.10. The molecule has 1 aliphatic heterocycles. The smallest absolute Gasteiger partial charge is 0.336 e. The lowest BCUT2D eigenvalue weighted by Gasteiger charge is -2.32. The van der Waals surface area contributed by atoms with Gasteiger partial charge in [0.25, 0.3) is 5.91 Å². The molecule has 1 aliphatic rings. The lowest BCUT2D eigenvalue weighted by Crippen LogP contribution is -2.51. The SMILES string of the molecule is CCOC(=O)[C@@]1(C)C=C(Nc2cccc(Br)c2)C(=O)N1c1cccc(Br)c1. The molecule has 0 saturated heterocycles. The number of halogens is 2. The van der Waals surface area contributed by atoms with Crippen molar-refractivity contribution in [3.63, 3.8) is 0 Å². The van der Waals surface area contributed by atoms with Crippen LogP contribution >= 0.6 is 31.9 Å². The second-order valence-corrected chi connectivity index (χ2v) is 8.01. The van der Waals surface area contributed by atoms with Crippen molar-refractivity contribution in [2.45, 2.75) is 19.4 Å². The molecule has 0 fully saturated rings. The van der Waals surface area contributed by atoms with Crippen molar-refractivity contribution < 1.29 is 14.3 Å². The van der Waals surface area contributed by atoms with Gasteiger partial charge in [0.2, 0.25) is 0 Å². The van der Waals surface area contributed by atoms with Crippen LogP contribution in [-0.2, 0) is 14.3 Å². The first-order chi connectivity index (χ1) is 12.8. The van der Waals surface area contributed by atoms with Crippen molar-refractivity contribution in [2.24, 2.45) is 0 Å². The van der Waals surface area contributed by atoms with Gasteiger partial charge in [-0.2, -0.15) is 0 Å². The molecule has 0 radical (unpaired) electrons. The van der Waals surface area contributed by atoms with E-state index in [1.807, 2.05) is 36.4 Å². The Hall–Kier alpha value is -2.12. The molecule has 1 N–H and O–H groups in total. The first kappa shape index (κ1) is 19.6. The van der Waals surface area contributed by atoms with Gasteiger partial charge in [0.05, 0.1) is 6.61 Å². The number of rotatable bonds is 5. The third-order valence-electron chi connectivity index (χ3n) is 4.18. The summed E-state index contributed by atoms with van der Waals surface area (Å²) in [5.41, 5.74) is 0.421. The molecule has 0 bridgehead atoms. The quantitative estimate of drug-likeness (QED) is 0.603. The second kappa shape index (κ2) is 7.86. The molecule has 27 heavy (non-hydrogen) atoms. The fourth-order valence-electron chi connectivity index (χ4n) is 2.98. The molecule has 5 nitrogen and oxygen atoms in total. The van der Waals surface area contributed by atoms with E-state index in [2.05, 4.69) is 37.2 Å². The van der Waals surface area contributed by atoms with Gasteiger partial charge in [0.1, 0.15) is 5.70 Å². The summed E-state index contributed by atoms with van der Waals surface area (Å²) >= 11 is 6.83. The number of carbonyl (C=O) groups is 2. The van der Waals surface area contributed by atoms with Crippen LogP contribution in [0.15, 0.2) is 69.2 Å². The predicted octanol–water partition coefficient (Wildman–Crippen LogP) is 4.88. The summed E-state index contributed by atoms with van der Waals surface area (Å²) in [6, 6.07) is 14.7. The Bertz CT molecular complexity index is 929. The van der Waals surface area contributed by atoms with E-state index in [9.17, 15) is 9.59 Å². The third-order valence-corrected chi connectivity index (χ3v) is 5.17. The molecule has 1 amide bonds. The summed E-state index contributed by atoms with van der Waals surface area (Å²) in [5, 5.41) is 3.12. The Morgan fingerprint density at radius 1 is 1.15 bits per heavy atom. The molecule has 1 atom stereocenters. The van der Waals surface area contributed by atoms with E-state index in [1.54, 1.807) is 32.1 Å². The van der Waals surface area contributed by atoms with Crippen LogP contribution in [0.1, 0.15) is 13.8 Å². The molecule has 0 aromatic heterocycles. The first-order valence-electron chi connectivity index (χ1n) is 8.38. The van der Waals surface area contributed by atoms with Crippen LogP contribution in [0, 0.1) is 0 Å². The Labute approximate surface area is 174 Å². The minimum atomic E-state index is -1.25. The Balaban J connectivity index is 2.03. The van der Waals surface area contributed by atoms with Crippen molar-refractivity contribution in [1.82, 2.24) is 0 Å². The van der Waals surface area contributed by atoms with E-state index in [4.69, 9.17) is 4.74 Å². The number of hydrogen-bond donors (Lipinski definition) is 1. The van der Waals surface area contributed by atoms with Gasteiger partial charge < -0.3 is 10.1 Å². The zero-order chi connectivity index (χ0) is 19.6. The van der Waals surface area contributed by atoms with Gasteiger partial charge in [-0.3, -0.25) is 9.69 Å². The highest BCUT2D eigenvalue weighted by Gasteiger charge is 2.49. The lowest BCUT2D eigenvalue weighted by molar-refractivity contribution is -0.147. The molecule has 0 saturated carbocycles. The minimum absolute atomic E-state index is 0.233. The first-order valence-corrected chi connectivity index (χ1v) is 9.96. The number of hydrogen-bond acceptors (Lipinski definition) is 4. The number of carbonyl (C=O) groups excluding carboxylic acids is 2. The van der Waals surface area contributed by atoms with Crippen LogP contribution in [0.5, 0.6) is 0 Å². The molecule has 7 heteroatoms. The van der Waals surface area contributed by atoms with Crippen molar-refractivity contribution in [3.8, 4) is 0 Å². The lowest BCUT2D eigenvalue weighted by atomic mass is 10.0. The molecule has 1 heterocycles. The predicted molar refractivity (Wildman–Crippen MR) is 113 cm³/mol. The number of ether oxygens (including phenoxy) is 1. The van der Waals surface area contributed by atoms with Crippen molar-refractivity contribution in [1.29, 1.82) is 0 Å². The van der Waals surface area contributed by atoms with Crippen molar-refractivity contribution in [2.75, 3.05) is 16.8 Å². The van der Waals surface area contributed by atoms with Crippen LogP contribution in [0.25, 0.3) is 0 Å². The number of esters is 1. The fraction of sp³-hybridized carbons (Fsp3) is 0.200. The number of benzene rings is 2. The third kappa shape index (κ3) is 3.94. The largest absolute Gasteiger partial charge is 0.464 e. The van der Waals surface area contributed by atoms with E-state index in [0.29, 0.717) is 11.4 Å². The van der Waals surface area contributed by atoms with Crippen molar-refractivity contribution in [3.05, 3.63) is 69.2 Å². The van der Waals surface area contributed by atoms with Crippen LogP contribution < -0.4 is 10.2 Å². The summed E-state index contributed by atoms with van der Waals surface area (Å²) in [6.07, 6.45) is 1.62. The van der Waals surface area contributed by atoms with Gasteiger partial charge in [-0.1, -0.05) is 44.0 Å². The fourth-order valence-corrected chi connectivity index (χ4v) is 3.76. The number of nitrogens with zero attached hydrogens (tertiary/aromatic N) is 1. The average Bonchev–Trinajstić information content (AvgIpc) is 2.86. The van der Waals surface area contributed by atoms with E-state index in [1.165, 1.54) is 4.90 Å². The van der Waals surface area contributed by atoms with E-state index < -0.39 is 11.5 Å². The molecular formula is C20H18Br2N2O3. The number of nitrogens with one attached hydrogen (secondary N) is 1. The van der Waals surface area contributed by atoms with Crippen LogP contribution in [0.3, 0.4) is 0 Å². The Morgan fingerprint density at radius 2 is 1.81 bits per heavy atom. The van der Waals surface area contributed by atoms with Gasteiger partial charge in [0.15, 0.2) is 5.54 Å². The monoisotopic (exact) mass is 492 g/mol. The average molecular weight is 494 g/mol. The van der Waals surface area contributed by atoms with Crippen LogP contribution in [-0.4, -0.2) is 24.0 Å². The molecule has 140 valence electrons. The van der Waals surface area contributed by atoms with Gasteiger partial charge in [0, 0.05) is 20.3 Å². The van der Waals surface area contributed by atoms with Crippen LogP contribution in [0.2, 0.25) is 0 Å². The highest BCUT2D eigenvalue weighted by Crippen LogP contribution is 2.36. The van der Waals surface area contributed by atoms with Crippen LogP contribution in [0.4, 0.5) is 11.4 Å².